The van der Waals surface area contributed by atoms with Gasteiger partial charge in [0.2, 0.25) is 0 Å². The van der Waals surface area contributed by atoms with E-state index in [4.69, 9.17) is 0 Å². The summed E-state index contributed by atoms with van der Waals surface area (Å²) in [6.45, 7) is 2.95. The van der Waals surface area contributed by atoms with E-state index < -0.39 is 5.92 Å². The highest BCUT2D eigenvalue weighted by atomic mass is 19.3. The predicted molar refractivity (Wildman–Crippen MR) is 36.0 cm³/mol. The van der Waals surface area contributed by atoms with Gasteiger partial charge in [-0.1, -0.05) is 6.92 Å². The van der Waals surface area contributed by atoms with Crippen molar-refractivity contribution in [2.24, 2.45) is 0 Å². The normalized spacial score (nSPS) is 13.5. The zero-order valence-corrected chi connectivity index (χ0v) is 6.45. The van der Waals surface area contributed by atoms with E-state index >= 15 is 0 Å². The summed E-state index contributed by atoms with van der Waals surface area (Å²) >= 11 is 0. The number of alkyl halides is 2. The van der Waals surface area contributed by atoms with Gasteiger partial charge in [-0.3, -0.25) is 0 Å². The van der Waals surface area contributed by atoms with Gasteiger partial charge in [-0.15, -0.1) is 0 Å². The summed E-state index contributed by atoms with van der Waals surface area (Å²) in [5.74, 6) is -3.06. The maximum Gasteiger partial charge on any atom is 0.303 e. The standard InChI is InChI=1S/C7H12F2O/c1-4-6(10-3)7(8,9)5-2/h4H,5H2,1-3H3/b6-4-. The molecule has 0 aromatic carbocycles. The monoisotopic (exact) mass is 150 g/mol. The van der Waals surface area contributed by atoms with Crippen molar-refractivity contribution in [3.8, 4) is 0 Å². The average Bonchev–Trinajstić information content (AvgIpc) is 1.90. The van der Waals surface area contributed by atoms with Crippen LogP contribution < -0.4 is 0 Å². The van der Waals surface area contributed by atoms with Crippen LogP contribution in [0.4, 0.5) is 8.78 Å². The fourth-order valence-electron chi connectivity index (χ4n) is 0.653. The zero-order chi connectivity index (χ0) is 8.20. The van der Waals surface area contributed by atoms with Crippen molar-refractivity contribution in [2.75, 3.05) is 7.11 Å². The molecule has 0 saturated heterocycles. The molecule has 0 aromatic rings. The number of ether oxygens (including phenoxy) is 1. The molecule has 3 heteroatoms. The van der Waals surface area contributed by atoms with E-state index in [-0.39, 0.29) is 12.2 Å². The lowest BCUT2D eigenvalue weighted by Crippen LogP contribution is -2.18. The SMILES string of the molecule is C/C=C(\OC)C(F)(F)CC. The summed E-state index contributed by atoms with van der Waals surface area (Å²) < 4.78 is 29.7. The molecule has 0 radical (unpaired) electrons. The van der Waals surface area contributed by atoms with Gasteiger partial charge in [0.25, 0.3) is 0 Å². The first-order valence-electron chi connectivity index (χ1n) is 3.17. The molecule has 0 amide bonds. The molecular formula is C7H12F2O. The highest BCUT2D eigenvalue weighted by Gasteiger charge is 2.32. The van der Waals surface area contributed by atoms with Crippen LogP contribution in [0.3, 0.4) is 0 Å². The first kappa shape index (κ1) is 9.40. The van der Waals surface area contributed by atoms with Gasteiger partial charge < -0.3 is 4.74 Å². The number of rotatable bonds is 3. The molecule has 0 bridgehead atoms. The minimum absolute atomic E-state index is 0.222. The molecule has 0 fully saturated rings. The summed E-state index contributed by atoms with van der Waals surface area (Å²) in [6, 6.07) is 0. The molecule has 0 aliphatic carbocycles. The number of hydrogen-bond acceptors (Lipinski definition) is 1. The van der Waals surface area contributed by atoms with Crippen molar-refractivity contribution in [3.63, 3.8) is 0 Å². The molecule has 1 nitrogen and oxygen atoms in total. The number of hydrogen-bond donors (Lipinski definition) is 0. The van der Waals surface area contributed by atoms with Crippen molar-refractivity contribution in [3.05, 3.63) is 11.8 Å². The van der Waals surface area contributed by atoms with E-state index in [1.807, 2.05) is 0 Å². The number of allylic oxidation sites excluding steroid dienone is 2. The quantitative estimate of drug-likeness (QED) is 0.562. The second kappa shape index (κ2) is 3.54. The third-order valence-corrected chi connectivity index (χ3v) is 1.29. The molecule has 60 valence electrons. The Labute approximate surface area is 59.7 Å². The second-order valence-electron chi connectivity index (χ2n) is 1.92. The molecule has 0 aromatic heterocycles. The summed E-state index contributed by atoms with van der Waals surface area (Å²) in [5, 5.41) is 0. The van der Waals surface area contributed by atoms with Crippen LogP contribution in [-0.2, 0) is 4.74 Å². The molecule has 0 heterocycles. The highest BCUT2D eigenvalue weighted by Crippen LogP contribution is 2.27. The van der Waals surface area contributed by atoms with Gasteiger partial charge in [0.1, 0.15) is 0 Å². The van der Waals surface area contributed by atoms with Crippen LogP contribution >= 0.6 is 0 Å². The third kappa shape index (κ3) is 1.97. The van der Waals surface area contributed by atoms with Gasteiger partial charge in [0, 0.05) is 6.42 Å². The van der Waals surface area contributed by atoms with E-state index in [0.29, 0.717) is 0 Å². The lowest BCUT2D eigenvalue weighted by Gasteiger charge is -2.15. The Kier molecular flexibility index (Phi) is 3.33. The Morgan fingerprint density at radius 1 is 1.60 bits per heavy atom. The van der Waals surface area contributed by atoms with Gasteiger partial charge in [-0.2, -0.15) is 8.78 Å². The van der Waals surface area contributed by atoms with Crippen molar-refractivity contribution in [2.45, 2.75) is 26.2 Å². The van der Waals surface area contributed by atoms with E-state index in [1.54, 1.807) is 0 Å². The van der Waals surface area contributed by atoms with E-state index in [2.05, 4.69) is 4.74 Å². The molecule has 0 atom stereocenters. The minimum Gasteiger partial charge on any atom is -0.495 e. The van der Waals surface area contributed by atoms with Crippen LogP contribution in [0, 0.1) is 0 Å². The molecular weight excluding hydrogens is 138 g/mol. The Hall–Kier alpha value is -0.600. The first-order chi connectivity index (χ1) is 4.58. The van der Waals surface area contributed by atoms with Gasteiger partial charge in [-0.25, -0.2) is 0 Å². The van der Waals surface area contributed by atoms with Gasteiger partial charge >= 0.3 is 5.92 Å². The summed E-state index contributed by atoms with van der Waals surface area (Å²) in [5.41, 5.74) is 0. The first-order valence-corrected chi connectivity index (χ1v) is 3.17. The number of halogens is 2. The summed E-state index contributed by atoms with van der Waals surface area (Å²) in [4.78, 5) is 0. The summed E-state index contributed by atoms with van der Waals surface area (Å²) in [7, 11) is 1.25. The minimum atomic E-state index is -2.80. The molecule has 0 saturated carbocycles. The van der Waals surface area contributed by atoms with Crippen molar-refractivity contribution < 1.29 is 13.5 Å². The van der Waals surface area contributed by atoms with Gasteiger partial charge in [0.15, 0.2) is 5.76 Å². The van der Waals surface area contributed by atoms with Gasteiger partial charge in [0.05, 0.1) is 7.11 Å². The molecule has 0 N–H and O–H groups in total. The molecule has 0 aliphatic rings. The smallest absolute Gasteiger partial charge is 0.303 e. The van der Waals surface area contributed by atoms with Crippen LogP contribution in [0.2, 0.25) is 0 Å². The maximum absolute atomic E-state index is 12.6. The van der Waals surface area contributed by atoms with Crippen LogP contribution in [0.25, 0.3) is 0 Å². The molecule has 0 unspecified atom stereocenters. The van der Waals surface area contributed by atoms with E-state index in [1.165, 1.54) is 27.0 Å². The molecule has 10 heavy (non-hydrogen) atoms. The fraction of sp³-hybridized carbons (Fsp3) is 0.714. The highest BCUT2D eigenvalue weighted by molar-refractivity contribution is 5.02. The fourth-order valence-corrected chi connectivity index (χ4v) is 0.653. The van der Waals surface area contributed by atoms with E-state index in [0.717, 1.165) is 0 Å². The largest absolute Gasteiger partial charge is 0.495 e. The number of methoxy groups -OCH3 is 1. The Bertz CT molecular complexity index is 130. The lowest BCUT2D eigenvalue weighted by atomic mass is 10.2. The zero-order valence-electron chi connectivity index (χ0n) is 6.45. The predicted octanol–water partition coefficient (Wildman–Crippen LogP) is 2.58. The topological polar surface area (TPSA) is 9.23 Å². The van der Waals surface area contributed by atoms with E-state index in [9.17, 15) is 8.78 Å². The van der Waals surface area contributed by atoms with Crippen molar-refractivity contribution >= 4 is 0 Å². The van der Waals surface area contributed by atoms with Crippen molar-refractivity contribution in [1.82, 2.24) is 0 Å². The maximum atomic E-state index is 12.6. The molecule has 0 aliphatic heterocycles. The Morgan fingerprint density at radius 3 is 2.20 bits per heavy atom. The Balaban J connectivity index is 4.28. The summed E-state index contributed by atoms with van der Waals surface area (Å²) in [6.07, 6.45) is 1.06. The average molecular weight is 150 g/mol. The van der Waals surface area contributed by atoms with Crippen LogP contribution in [0.15, 0.2) is 11.8 Å². The van der Waals surface area contributed by atoms with Gasteiger partial charge in [-0.05, 0) is 13.0 Å². The van der Waals surface area contributed by atoms with Crippen molar-refractivity contribution in [1.29, 1.82) is 0 Å². The molecule has 0 rings (SSSR count). The molecule has 0 spiro atoms. The Morgan fingerprint density at radius 2 is 2.10 bits per heavy atom. The van der Waals surface area contributed by atoms with Crippen LogP contribution in [0.5, 0.6) is 0 Å². The third-order valence-electron chi connectivity index (χ3n) is 1.29. The van der Waals surface area contributed by atoms with Crippen LogP contribution in [0.1, 0.15) is 20.3 Å². The van der Waals surface area contributed by atoms with Crippen LogP contribution in [-0.4, -0.2) is 13.0 Å². The second-order valence-corrected chi connectivity index (χ2v) is 1.92. The lowest BCUT2D eigenvalue weighted by molar-refractivity contribution is -0.0146.